The third-order valence-corrected chi connectivity index (χ3v) is 2.53. The maximum Gasteiger partial charge on any atom is 0.126 e. The van der Waals surface area contributed by atoms with Crippen LogP contribution in [0, 0.1) is 12.7 Å². The fourth-order valence-corrected chi connectivity index (χ4v) is 1.58. The molecule has 0 aliphatic heterocycles. The average Bonchev–Trinajstić information content (AvgIpc) is 2.82. The van der Waals surface area contributed by atoms with E-state index in [1.807, 2.05) is 17.7 Å². The molecule has 3 nitrogen and oxygen atoms in total. The lowest BCUT2D eigenvalue weighted by Gasteiger charge is -2.09. The van der Waals surface area contributed by atoms with Crippen molar-refractivity contribution >= 4 is 0 Å². The van der Waals surface area contributed by atoms with Gasteiger partial charge in [-0.3, -0.25) is 0 Å². The topological polar surface area (TPSA) is 27.1 Å². The van der Waals surface area contributed by atoms with E-state index in [1.54, 1.807) is 18.6 Å². The summed E-state index contributed by atoms with van der Waals surface area (Å²) in [5.74, 6) is 0.357. The van der Waals surface area contributed by atoms with Gasteiger partial charge in [-0.1, -0.05) is 6.07 Å². The molecule has 90 valence electrons. The lowest BCUT2D eigenvalue weighted by atomic mass is 10.2. The van der Waals surface area contributed by atoms with E-state index in [1.165, 1.54) is 12.1 Å². The van der Waals surface area contributed by atoms with Crippen molar-refractivity contribution in [3.63, 3.8) is 0 Å². The van der Waals surface area contributed by atoms with E-state index in [4.69, 9.17) is 4.74 Å². The molecular formula is C13H15FN2O. The molecule has 0 aliphatic carbocycles. The highest BCUT2D eigenvalue weighted by Crippen LogP contribution is 2.18. The lowest BCUT2D eigenvalue weighted by molar-refractivity contribution is 0.298. The van der Waals surface area contributed by atoms with Crippen molar-refractivity contribution in [1.82, 2.24) is 9.55 Å². The Hall–Kier alpha value is -1.84. The van der Waals surface area contributed by atoms with Gasteiger partial charge in [0.05, 0.1) is 12.9 Å². The first kappa shape index (κ1) is 11.6. The summed E-state index contributed by atoms with van der Waals surface area (Å²) < 4.78 is 20.5. The minimum absolute atomic E-state index is 0.264. The van der Waals surface area contributed by atoms with E-state index in [-0.39, 0.29) is 5.82 Å². The van der Waals surface area contributed by atoms with E-state index in [0.29, 0.717) is 12.4 Å². The molecule has 4 heteroatoms. The molecule has 0 amide bonds. The van der Waals surface area contributed by atoms with Crippen LogP contribution in [0.15, 0.2) is 36.9 Å². The fourth-order valence-electron chi connectivity index (χ4n) is 1.58. The number of halogens is 1. The molecule has 17 heavy (non-hydrogen) atoms. The maximum atomic E-state index is 13.0. The second-order valence-electron chi connectivity index (χ2n) is 3.91. The Labute approximate surface area is 99.9 Å². The summed E-state index contributed by atoms with van der Waals surface area (Å²) >= 11 is 0. The summed E-state index contributed by atoms with van der Waals surface area (Å²) in [6.45, 7) is 3.33. The largest absolute Gasteiger partial charge is 0.493 e. The second kappa shape index (κ2) is 5.48. The van der Waals surface area contributed by atoms with Crippen molar-refractivity contribution in [3.8, 4) is 5.75 Å². The summed E-state index contributed by atoms with van der Waals surface area (Å²) in [6, 6.07) is 4.58. The number of hydrogen-bond donors (Lipinski definition) is 0. The monoisotopic (exact) mass is 234 g/mol. The maximum absolute atomic E-state index is 13.0. The van der Waals surface area contributed by atoms with Crippen LogP contribution in [0.5, 0.6) is 5.75 Å². The number of nitrogens with zero attached hydrogens (tertiary/aromatic N) is 2. The van der Waals surface area contributed by atoms with Crippen molar-refractivity contribution in [2.24, 2.45) is 0 Å². The first-order valence-electron chi connectivity index (χ1n) is 5.60. The van der Waals surface area contributed by atoms with Gasteiger partial charge in [0.2, 0.25) is 0 Å². The highest BCUT2D eigenvalue weighted by atomic mass is 19.1. The van der Waals surface area contributed by atoms with Crippen LogP contribution < -0.4 is 4.74 Å². The van der Waals surface area contributed by atoms with Crippen molar-refractivity contribution in [2.75, 3.05) is 6.61 Å². The molecule has 0 radical (unpaired) electrons. The van der Waals surface area contributed by atoms with Gasteiger partial charge in [0.1, 0.15) is 11.6 Å². The quantitative estimate of drug-likeness (QED) is 0.744. The van der Waals surface area contributed by atoms with Gasteiger partial charge in [-0.25, -0.2) is 9.37 Å². The highest BCUT2D eigenvalue weighted by molar-refractivity contribution is 5.32. The molecule has 1 aromatic carbocycles. The van der Waals surface area contributed by atoms with E-state index in [2.05, 4.69) is 4.98 Å². The molecule has 0 bridgehead atoms. The van der Waals surface area contributed by atoms with Gasteiger partial charge in [0, 0.05) is 25.0 Å². The van der Waals surface area contributed by atoms with Crippen molar-refractivity contribution in [2.45, 2.75) is 19.9 Å². The van der Waals surface area contributed by atoms with Gasteiger partial charge < -0.3 is 9.30 Å². The normalized spacial score (nSPS) is 10.5. The molecular weight excluding hydrogens is 219 g/mol. The molecule has 1 heterocycles. The summed E-state index contributed by atoms with van der Waals surface area (Å²) in [7, 11) is 0. The van der Waals surface area contributed by atoms with Crippen LogP contribution in [0.3, 0.4) is 0 Å². The minimum atomic E-state index is -0.264. The number of imidazole rings is 1. The second-order valence-corrected chi connectivity index (χ2v) is 3.91. The zero-order valence-corrected chi connectivity index (χ0v) is 9.77. The molecule has 0 spiro atoms. The number of rotatable bonds is 5. The Morgan fingerprint density at radius 1 is 1.41 bits per heavy atom. The third kappa shape index (κ3) is 3.31. The van der Waals surface area contributed by atoms with Crippen LogP contribution >= 0.6 is 0 Å². The summed E-state index contributed by atoms with van der Waals surface area (Å²) in [5.41, 5.74) is 0.953. The minimum Gasteiger partial charge on any atom is -0.493 e. The van der Waals surface area contributed by atoms with E-state index >= 15 is 0 Å². The molecule has 0 fully saturated rings. The van der Waals surface area contributed by atoms with Crippen molar-refractivity contribution in [1.29, 1.82) is 0 Å². The number of benzene rings is 1. The van der Waals surface area contributed by atoms with Crippen molar-refractivity contribution in [3.05, 3.63) is 48.3 Å². The Morgan fingerprint density at radius 3 is 3.06 bits per heavy atom. The highest BCUT2D eigenvalue weighted by Gasteiger charge is 2.01. The van der Waals surface area contributed by atoms with Gasteiger partial charge in [0.25, 0.3) is 0 Å². The number of ether oxygens (including phenoxy) is 1. The van der Waals surface area contributed by atoms with E-state index < -0.39 is 0 Å². The number of aryl methyl sites for hydroxylation is 2. The molecule has 2 rings (SSSR count). The molecule has 2 aromatic rings. The van der Waals surface area contributed by atoms with Gasteiger partial charge in [0.15, 0.2) is 0 Å². The first-order chi connectivity index (χ1) is 8.25. The first-order valence-corrected chi connectivity index (χ1v) is 5.60. The van der Waals surface area contributed by atoms with Crippen LogP contribution in [0.25, 0.3) is 0 Å². The molecule has 0 unspecified atom stereocenters. The predicted octanol–water partition coefficient (Wildman–Crippen LogP) is 2.80. The summed E-state index contributed by atoms with van der Waals surface area (Å²) in [4.78, 5) is 3.96. The Bertz CT molecular complexity index is 468. The zero-order valence-electron chi connectivity index (χ0n) is 9.77. The molecule has 0 atom stereocenters. The van der Waals surface area contributed by atoms with Gasteiger partial charge in [-0.05, 0) is 25.0 Å². The smallest absolute Gasteiger partial charge is 0.126 e. The van der Waals surface area contributed by atoms with Crippen LogP contribution in [0.4, 0.5) is 4.39 Å². The van der Waals surface area contributed by atoms with Crippen LogP contribution in [-0.4, -0.2) is 16.2 Å². The Kier molecular flexibility index (Phi) is 3.75. The SMILES string of the molecule is Cc1ccc(F)cc1OCCCn1ccnc1. The predicted molar refractivity (Wildman–Crippen MR) is 63.5 cm³/mol. The molecule has 0 aliphatic rings. The fraction of sp³-hybridized carbons (Fsp3) is 0.308. The number of hydrogen-bond acceptors (Lipinski definition) is 2. The lowest BCUT2D eigenvalue weighted by Crippen LogP contribution is -2.04. The summed E-state index contributed by atoms with van der Waals surface area (Å²) in [5, 5.41) is 0. The van der Waals surface area contributed by atoms with Gasteiger partial charge in [-0.15, -0.1) is 0 Å². The molecule has 1 aromatic heterocycles. The third-order valence-electron chi connectivity index (χ3n) is 2.53. The standard InChI is InChI=1S/C13H15FN2O/c1-11-3-4-12(14)9-13(11)17-8-2-6-16-7-5-15-10-16/h3-5,7,9-10H,2,6,8H2,1H3. The van der Waals surface area contributed by atoms with Gasteiger partial charge in [-0.2, -0.15) is 0 Å². The molecule has 0 saturated heterocycles. The van der Waals surface area contributed by atoms with E-state index in [0.717, 1.165) is 18.5 Å². The average molecular weight is 234 g/mol. The number of aromatic nitrogens is 2. The van der Waals surface area contributed by atoms with E-state index in [9.17, 15) is 4.39 Å². The van der Waals surface area contributed by atoms with Gasteiger partial charge >= 0.3 is 0 Å². The molecule has 0 N–H and O–H groups in total. The Balaban J connectivity index is 1.80. The van der Waals surface area contributed by atoms with Crippen LogP contribution in [-0.2, 0) is 6.54 Å². The molecule has 0 saturated carbocycles. The Morgan fingerprint density at radius 2 is 2.29 bits per heavy atom. The van der Waals surface area contributed by atoms with Crippen LogP contribution in [0.2, 0.25) is 0 Å². The summed E-state index contributed by atoms with van der Waals surface area (Å²) in [6.07, 6.45) is 6.30. The zero-order chi connectivity index (χ0) is 12.1. The van der Waals surface area contributed by atoms with Crippen molar-refractivity contribution < 1.29 is 9.13 Å². The van der Waals surface area contributed by atoms with Crippen LogP contribution in [0.1, 0.15) is 12.0 Å².